The molecule has 1 aliphatic carbocycles. The van der Waals surface area contributed by atoms with Gasteiger partial charge in [0.25, 0.3) is 0 Å². The topological polar surface area (TPSA) is 95.5 Å². The summed E-state index contributed by atoms with van der Waals surface area (Å²) in [7, 11) is 0. The van der Waals surface area contributed by atoms with Gasteiger partial charge in [0.1, 0.15) is 6.04 Å². The summed E-state index contributed by atoms with van der Waals surface area (Å²) < 4.78 is 0. The van der Waals surface area contributed by atoms with Crippen molar-refractivity contribution in [3.05, 3.63) is 0 Å². The lowest BCUT2D eigenvalue weighted by Crippen LogP contribution is -2.60. The summed E-state index contributed by atoms with van der Waals surface area (Å²) in [6.45, 7) is 5.04. The van der Waals surface area contributed by atoms with Gasteiger partial charge in [-0.15, -0.1) is 0 Å². The largest absolute Gasteiger partial charge is 0.481 e. The van der Waals surface area contributed by atoms with Gasteiger partial charge in [-0.05, 0) is 25.2 Å². The van der Waals surface area contributed by atoms with Crippen LogP contribution in [0.5, 0.6) is 0 Å². The average molecular weight is 270 g/mol. The Bertz CT molecular complexity index is 375. The van der Waals surface area contributed by atoms with Crippen LogP contribution in [0.15, 0.2) is 0 Å². The van der Waals surface area contributed by atoms with Crippen LogP contribution in [-0.4, -0.2) is 34.5 Å². The number of carbonyl (C=O) groups is 3. The van der Waals surface area contributed by atoms with Crippen LogP contribution in [0.1, 0.15) is 46.5 Å². The van der Waals surface area contributed by atoms with E-state index in [2.05, 4.69) is 10.6 Å². The molecule has 0 saturated heterocycles. The van der Waals surface area contributed by atoms with Crippen LogP contribution in [-0.2, 0) is 14.4 Å². The number of carbonyl (C=O) groups excluding carboxylic acids is 2. The van der Waals surface area contributed by atoms with Crippen molar-refractivity contribution in [2.45, 2.75) is 58.0 Å². The summed E-state index contributed by atoms with van der Waals surface area (Å²) in [4.78, 5) is 34.1. The molecule has 1 atom stereocenters. The van der Waals surface area contributed by atoms with Gasteiger partial charge in [0.2, 0.25) is 11.8 Å². The maximum atomic E-state index is 12.2. The zero-order valence-corrected chi connectivity index (χ0v) is 11.7. The van der Waals surface area contributed by atoms with E-state index < -0.39 is 17.6 Å². The van der Waals surface area contributed by atoms with Gasteiger partial charge in [-0.3, -0.25) is 14.4 Å². The number of carboxylic acids is 1. The van der Waals surface area contributed by atoms with Crippen LogP contribution in [0, 0.1) is 5.92 Å². The van der Waals surface area contributed by atoms with E-state index in [9.17, 15) is 14.4 Å². The minimum Gasteiger partial charge on any atom is -0.481 e. The predicted molar refractivity (Wildman–Crippen MR) is 69.4 cm³/mol. The lowest BCUT2D eigenvalue weighted by molar-refractivity contribution is -0.141. The fourth-order valence-electron chi connectivity index (χ4n) is 2.33. The first kappa shape index (κ1) is 15.5. The summed E-state index contributed by atoms with van der Waals surface area (Å²) in [5.41, 5.74) is -0.630. The van der Waals surface area contributed by atoms with E-state index in [4.69, 9.17) is 5.11 Å². The highest BCUT2D eigenvalue weighted by atomic mass is 16.4. The van der Waals surface area contributed by atoms with Crippen molar-refractivity contribution >= 4 is 17.8 Å². The van der Waals surface area contributed by atoms with E-state index in [0.29, 0.717) is 12.8 Å². The van der Waals surface area contributed by atoms with E-state index >= 15 is 0 Å². The van der Waals surface area contributed by atoms with E-state index in [1.807, 2.05) is 13.8 Å². The molecule has 19 heavy (non-hydrogen) atoms. The molecular weight excluding hydrogens is 248 g/mol. The Labute approximate surface area is 112 Å². The Morgan fingerprint density at radius 1 is 1.26 bits per heavy atom. The van der Waals surface area contributed by atoms with Gasteiger partial charge in [-0.1, -0.05) is 13.8 Å². The number of rotatable bonds is 6. The molecule has 3 N–H and O–H groups in total. The van der Waals surface area contributed by atoms with Gasteiger partial charge in [0.05, 0.1) is 12.0 Å². The smallest absolute Gasteiger partial charge is 0.305 e. The summed E-state index contributed by atoms with van der Waals surface area (Å²) in [6, 6.07) is -0.622. The van der Waals surface area contributed by atoms with Crippen molar-refractivity contribution in [3.63, 3.8) is 0 Å². The van der Waals surface area contributed by atoms with Crippen LogP contribution in [0.4, 0.5) is 0 Å². The first-order valence-electron chi connectivity index (χ1n) is 6.57. The van der Waals surface area contributed by atoms with Gasteiger partial charge in [0, 0.05) is 6.92 Å². The van der Waals surface area contributed by atoms with Crippen LogP contribution < -0.4 is 10.6 Å². The molecule has 0 heterocycles. The molecule has 6 heteroatoms. The zero-order chi connectivity index (χ0) is 14.6. The van der Waals surface area contributed by atoms with Gasteiger partial charge < -0.3 is 15.7 Å². The normalized spacial score (nSPS) is 18.3. The van der Waals surface area contributed by atoms with Crippen molar-refractivity contribution in [1.82, 2.24) is 10.6 Å². The molecule has 0 radical (unpaired) electrons. The fraction of sp³-hybridized carbons (Fsp3) is 0.769. The molecule has 1 unspecified atom stereocenters. The number of nitrogens with one attached hydrogen (secondary N) is 2. The Kier molecular flexibility index (Phi) is 4.91. The maximum absolute atomic E-state index is 12.2. The zero-order valence-electron chi connectivity index (χ0n) is 11.7. The molecule has 1 aliphatic rings. The number of hydrogen-bond donors (Lipinski definition) is 3. The molecule has 0 aromatic heterocycles. The first-order chi connectivity index (χ1) is 8.76. The molecule has 6 nitrogen and oxygen atoms in total. The highest BCUT2D eigenvalue weighted by Crippen LogP contribution is 2.35. The molecule has 0 spiro atoms. The summed E-state index contributed by atoms with van der Waals surface area (Å²) >= 11 is 0. The predicted octanol–water partition coefficient (Wildman–Crippen LogP) is 0.661. The second kappa shape index (κ2) is 6.04. The fourth-order valence-corrected chi connectivity index (χ4v) is 2.33. The monoisotopic (exact) mass is 270 g/mol. The molecule has 0 aliphatic heterocycles. The summed E-state index contributed by atoms with van der Waals surface area (Å²) in [5.74, 6) is -1.53. The Morgan fingerprint density at radius 2 is 1.84 bits per heavy atom. The average Bonchev–Trinajstić information content (AvgIpc) is 2.21. The third-order valence-electron chi connectivity index (χ3n) is 3.50. The summed E-state index contributed by atoms with van der Waals surface area (Å²) in [5, 5.41) is 14.3. The molecule has 1 fully saturated rings. The molecule has 2 amide bonds. The van der Waals surface area contributed by atoms with Crippen molar-refractivity contribution in [2.24, 2.45) is 5.92 Å². The molecular formula is C13H22N2O4. The lowest BCUT2D eigenvalue weighted by atomic mass is 9.74. The van der Waals surface area contributed by atoms with Gasteiger partial charge in [0.15, 0.2) is 0 Å². The van der Waals surface area contributed by atoms with Crippen molar-refractivity contribution in [3.8, 4) is 0 Å². The van der Waals surface area contributed by atoms with Crippen LogP contribution in [0.25, 0.3) is 0 Å². The highest BCUT2D eigenvalue weighted by molar-refractivity contribution is 5.88. The van der Waals surface area contributed by atoms with Crippen molar-refractivity contribution < 1.29 is 19.5 Å². The first-order valence-corrected chi connectivity index (χ1v) is 6.57. The molecule has 108 valence electrons. The SMILES string of the molecule is CC(=O)NC(C(=O)NC1(CC(=O)O)CCC1)C(C)C. The molecule has 1 saturated carbocycles. The van der Waals surface area contributed by atoms with Gasteiger partial charge in [-0.25, -0.2) is 0 Å². The Balaban J connectivity index is 2.69. The molecule has 0 aromatic rings. The number of amides is 2. The number of carboxylic acid groups (broad SMARTS) is 1. The standard InChI is InChI=1S/C13H22N2O4/c1-8(2)11(14-9(3)16)12(19)15-13(5-4-6-13)7-10(17)18/h8,11H,4-7H2,1-3H3,(H,14,16)(H,15,19)(H,17,18). The minimum absolute atomic E-state index is 0.0501. The van der Waals surface area contributed by atoms with Crippen molar-refractivity contribution in [1.29, 1.82) is 0 Å². The highest BCUT2D eigenvalue weighted by Gasteiger charge is 2.41. The lowest BCUT2D eigenvalue weighted by Gasteiger charge is -2.42. The van der Waals surface area contributed by atoms with Crippen LogP contribution in [0.3, 0.4) is 0 Å². The number of aliphatic carboxylic acids is 1. The maximum Gasteiger partial charge on any atom is 0.305 e. The van der Waals surface area contributed by atoms with E-state index in [1.165, 1.54) is 6.92 Å². The molecule has 1 rings (SSSR count). The second-order valence-corrected chi connectivity index (χ2v) is 5.62. The van der Waals surface area contributed by atoms with Gasteiger partial charge >= 0.3 is 5.97 Å². The van der Waals surface area contributed by atoms with Crippen LogP contribution in [0.2, 0.25) is 0 Å². The second-order valence-electron chi connectivity index (χ2n) is 5.62. The van der Waals surface area contributed by atoms with E-state index in [-0.39, 0.29) is 24.2 Å². The quantitative estimate of drug-likeness (QED) is 0.660. The van der Waals surface area contributed by atoms with E-state index in [1.54, 1.807) is 0 Å². The van der Waals surface area contributed by atoms with Gasteiger partial charge in [-0.2, -0.15) is 0 Å². The Hall–Kier alpha value is -1.59. The van der Waals surface area contributed by atoms with Crippen LogP contribution >= 0.6 is 0 Å². The van der Waals surface area contributed by atoms with Crippen molar-refractivity contribution in [2.75, 3.05) is 0 Å². The molecule has 0 aromatic carbocycles. The third-order valence-corrected chi connectivity index (χ3v) is 3.50. The number of hydrogen-bond acceptors (Lipinski definition) is 3. The third kappa shape index (κ3) is 4.22. The minimum atomic E-state index is -0.916. The summed E-state index contributed by atoms with van der Waals surface area (Å²) in [6.07, 6.45) is 2.20. The van der Waals surface area contributed by atoms with E-state index in [0.717, 1.165) is 6.42 Å². The molecule has 0 bridgehead atoms. The Morgan fingerprint density at radius 3 is 2.16 bits per heavy atom.